The monoisotopic (exact) mass is 269 g/mol. The van der Waals surface area contributed by atoms with E-state index in [4.69, 9.17) is 10.7 Å². The Hall–Kier alpha value is -0.450. The van der Waals surface area contributed by atoms with E-state index in [0.717, 1.165) is 38.9 Å². The molecule has 0 amide bonds. The van der Waals surface area contributed by atoms with Crippen LogP contribution in [-0.2, 0) is 12.8 Å². The van der Waals surface area contributed by atoms with Gasteiger partial charge in [0.2, 0.25) is 0 Å². The Morgan fingerprint density at radius 2 is 1.89 bits per heavy atom. The lowest BCUT2D eigenvalue weighted by Gasteiger charge is -2.16. The lowest BCUT2D eigenvalue weighted by atomic mass is 10.2. The number of nitrogens with two attached hydrogens (primary N) is 1. The molecule has 1 unspecified atom stereocenters. The topological polar surface area (TPSA) is 42.2 Å². The first-order chi connectivity index (χ1) is 8.62. The van der Waals surface area contributed by atoms with Crippen LogP contribution in [0.3, 0.4) is 0 Å². The lowest BCUT2D eigenvalue weighted by molar-refractivity contribution is 0.308. The fourth-order valence-corrected chi connectivity index (χ4v) is 3.14. The second-order valence-corrected chi connectivity index (χ2v) is 5.85. The van der Waals surface area contributed by atoms with E-state index in [1.165, 1.54) is 15.6 Å². The van der Waals surface area contributed by atoms with Gasteiger partial charge in [-0.3, -0.25) is 0 Å². The van der Waals surface area contributed by atoms with E-state index in [1.807, 2.05) is 11.3 Å². The molecule has 1 aromatic rings. The molecule has 0 spiro atoms. The van der Waals surface area contributed by atoms with Crippen LogP contribution in [0.15, 0.2) is 0 Å². The quantitative estimate of drug-likeness (QED) is 0.789. The SMILES string of the molecule is CCCc1nc(CCN(CC)CC)sc1C(C)N. The van der Waals surface area contributed by atoms with Gasteiger partial charge < -0.3 is 10.6 Å². The van der Waals surface area contributed by atoms with E-state index in [0.29, 0.717) is 0 Å². The number of hydrogen-bond acceptors (Lipinski definition) is 4. The van der Waals surface area contributed by atoms with E-state index in [1.54, 1.807) is 0 Å². The summed E-state index contributed by atoms with van der Waals surface area (Å²) in [6.45, 7) is 12.0. The van der Waals surface area contributed by atoms with Gasteiger partial charge in [0.05, 0.1) is 10.7 Å². The van der Waals surface area contributed by atoms with Crippen LogP contribution in [0.2, 0.25) is 0 Å². The van der Waals surface area contributed by atoms with Crippen molar-refractivity contribution >= 4 is 11.3 Å². The number of likely N-dealkylation sites (N-methyl/N-ethyl adjacent to an activating group) is 1. The third-order valence-electron chi connectivity index (χ3n) is 3.21. The third-order valence-corrected chi connectivity index (χ3v) is 4.57. The van der Waals surface area contributed by atoms with Gasteiger partial charge >= 0.3 is 0 Å². The van der Waals surface area contributed by atoms with Crippen LogP contribution in [0.25, 0.3) is 0 Å². The lowest BCUT2D eigenvalue weighted by Crippen LogP contribution is -2.25. The first-order valence-corrected chi connectivity index (χ1v) is 7.90. The molecule has 0 aliphatic rings. The van der Waals surface area contributed by atoms with E-state index in [-0.39, 0.29) is 6.04 Å². The van der Waals surface area contributed by atoms with Crippen LogP contribution in [0.5, 0.6) is 0 Å². The highest BCUT2D eigenvalue weighted by Crippen LogP contribution is 2.25. The highest BCUT2D eigenvalue weighted by atomic mass is 32.1. The van der Waals surface area contributed by atoms with Gasteiger partial charge in [-0.1, -0.05) is 27.2 Å². The largest absolute Gasteiger partial charge is 0.323 e. The van der Waals surface area contributed by atoms with Crippen LogP contribution in [-0.4, -0.2) is 29.5 Å². The molecule has 2 N–H and O–H groups in total. The first kappa shape index (κ1) is 15.6. The Morgan fingerprint density at radius 3 is 2.39 bits per heavy atom. The fourth-order valence-electron chi connectivity index (χ4n) is 2.09. The number of nitrogens with zero attached hydrogens (tertiary/aromatic N) is 2. The Bertz CT molecular complexity index is 343. The molecule has 1 heterocycles. The summed E-state index contributed by atoms with van der Waals surface area (Å²) in [5, 5.41) is 1.25. The molecule has 104 valence electrons. The number of aromatic nitrogens is 1. The average molecular weight is 269 g/mol. The predicted molar refractivity (Wildman–Crippen MR) is 80.2 cm³/mol. The fraction of sp³-hybridized carbons (Fsp3) is 0.786. The van der Waals surface area contributed by atoms with Crippen molar-refractivity contribution in [3.05, 3.63) is 15.6 Å². The smallest absolute Gasteiger partial charge is 0.0944 e. The standard InChI is InChI=1S/C14H27N3S/c1-5-8-12-14(11(4)15)18-13(16-12)9-10-17(6-2)7-3/h11H,5-10,15H2,1-4H3. The summed E-state index contributed by atoms with van der Waals surface area (Å²) in [7, 11) is 0. The Balaban J connectivity index is 2.69. The molecule has 0 radical (unpaired) electrons. The normalized spacial score (nSPS) is 13.2. The van der Waals surface area contributed by atoms with Crippen molar-refractivity contribution in [1.82, 2.24) is 9.88 Å². The minimum Gasteiger partial charge on any atom is -0.323 e. The van der Waals surface area contributed by atoms with E-state index < -0.39 is 0 Å². The zero-order chi connectivity index (χ0) is 13.5. The zero-order valence-corrected chi connectivity index (χ0v) is 13.0. The predicted octanol–water partition coefficient (Wildman–Crippen LogP) is 3.00. The van der Waals surface area contributed by atoms with Crippen molar-refractivity contribution in [2.24, 2.45) is 5.73 Å². The number of aryl methyl sites for hydroxylation is 1. The molecule has 1 aromatic heterocycles. The molecule has 18 heavy (non-hydrogen) atoms. The summed E-state index contributed by atoms with van der Waals surface area (Å²) >= 11 is 1.81. The van der Waals surface area contributed by atoms with Gasteiger partial charge in [0, 0.05) is 23.9 Å². The molecule has 3 nitrogen and oxygen atoms in total. The molecule has 0 aliphatic carbocycles. The first-order valence-electron chi connectivity index (χ1n) is 7.08. The van der Waals surface area contributed by atoms with Crippen LogP contribution in [0, 0.1) is 0 Å². The molecule has 1 rings (SSSR count). The van der Waals surface area contributed by atoms with Gasteiger partial charge in [-0.15, -0.1) is 11.3 Å². The van der Waals surface area contributed by atoms with Gasteiger partial charge in [-0.2, -0.15) is 0 Å². The highest BCUT2D eigenvalue weighted by molar-refractivity contribution is 7.11. The molecule has 4 heteroatoms. The molecule has 0 aromatic carbocycles. The van der Waals surface area contributed by atoms with Gasteiger partial charge in [0.15, 0.2) is 0 Å². The molecule has 0 saturated carbocycles. The molecule has 0 saturated heterocycles. The van der Waals surface area contributed by atoms with Crippen LogP contribution >= 0.6 is 11.3 Å². The van der Waals surface area contributed by atoms with Gasteiger partial charge in [-0.25, -0.2) is 4.98 Å². The second kappa shape index (κ2) is 7.87. The summed E-state index contributed by atoms with van der Waals surface area (Å²) in [6.07, 6.45) is 3.24. The van der Waals surface area contributed by atoms with Crippen LogP contribution < -0.4 is 5.73 Å². The van der Waals surface area contributed by atoms with E-state index >= 15 is 0 Å². The average Bonchev–Trinajstić information content (AvgIpc) is 2.74. The molecular formula is C14H27N3S. The van der Waals surface area contributed by atoms with Crippen molar-refractivity contribution in [3.63, 3.8) is 0 Å². The Morgan fingerprint density at radius 1 is 1.22 bits per heavy atom. The van der Waals surface area contributed by atoms with E-state index in [9.17, 15) is 0 Å². The molecule has 0 bridgehead atoms. The molecular weight excluding hydrogens is 242 g/mol. The van der Waals surface area contributed by atoms with Crippen molar-refractivity contribution in [1.29, 1.82) is 0 Å². The summed E-state index contributed by atoms with van der Waals surface area (Å²) in [5.74, 6) is 0. The molecule has 0 fully saturated rings. The number of hydrogen-bond donors (Lipinski definition) is 1. The second-order valence-electron chi connectivity index (χ2n) is 4.73. The van der Waals surface area contributed by atoms with Crippen LogP contribution in [0.1, 0.15) is 55.7 Å². The Labute approximate surface area is 115 Å². The van der Waals surface area contributed by atoms with Gasteiger partial charge in [-0.05, 0) is 26.4 Å². The minimum absolute atomic E-state index is 0.117. The van der Waals surface area contributed by atoms with Crippen molar-refractivity contribution in [3.8, 4) is 0 Å². The Kier molecular flexibility index (Phi) is 6.82. The summed E-state index contributed by atoms with van der Waals surface area (Å²) in [6, 6.07) is 0.117. The number of rotatable bonds is 8. The molecule has 0 aliphatic heterocycles. The van der Waals surface area contributed by atoms with E-state index in [2.05, 4.69) is 32.6 Å². The third kappa shape index (κ3) is 4.34. The maximum Gasteiger partial charge on any atom is 0.0944 e. The van der Waals surface area contributed by atoms with Crippen molar-refractivity contribution in [2.75, 3.05) is 19.6 Å². The molecule has 1 atom stereocenters. The minimum atomic E-state index is 0.117. The van der Waals surface area contributed by atoms with Gasteiger partial charge in [0.1, 0.15) is 0 Å². The highest BCUT2D eigenvalue weighted by Gasteiger charge is 2.14. The zero-order valence-electron chi connectivity index (χ0n) is 12.2. The summed E-state index contributed by atoms with van der Waals surface area (Å²) in [5.41, 5.74) is 7.26. The van der Waals surface area contributed by atoms with Crippen molar-refractivity contribution < 1.29 is 0 Å². The van der Waals surface area contributed by atoms with Crippen molar-refractivity contribution in [2.45, 2.75) is 53.0 Å². The summed E-state index contributed by atoms with van der Waals surface area (Å²) in [4.78, 5) is 8.49. The van der Waals surface area contributed by atoms with Crippen LogP contribution in [0.4, 0.5) is 0 Å². The number of thiazole rings is 1. The maximum absolute atomic E-state index is 6.03. The maximum atomic E-state index is 6.03. The summed E-state index contributed by atoms with van der Waals surface area (Å²) < 4.78 is 0. The van der Waals surface area contributed by atoms with Gasteiger partial charge in [0.25, 0.3) is 0 Å².